The zero-order valence-corrected chi connectivity index (χ0v) is 10.7. The van der Waals surface area contributed by atoms with Gasteiger partial charge in [-0.25, -0.2) is 0 Å². The first kappa shape index (κ1) is 12.6. The Morgan fingerprint density at radius 2 is 2.17 bits per heavy atom. The largest absolute Gasteiger partial charge is 0.342 e. The predicted octanol–water partition coefficient (Wildman–Crippen LogP) is 2.45. The van der Waals surface area contributed by atoms with Crippen LogP contribution in [0.1, 0.15) is 36.8 Å². The van der Waals surface area contributed by atoms with Crippen molar-refractivity contribution in [3.8, 4) is 6.07 Å². The van der Waals surface area contributed by atoms with Crippen LogP contribution in [-0.4, -0.2) is 12.5 Å². The highest BCUT2D eigenvalue weighted by Gasteiger charge is 2.42. The van der Waals surface area contributed by atoms with Crippen LogP contribution in [0.2, 0.25) is 0 Å². The predicted molar refractivity (Wildman–Crippen MR) is 69.9 cm³/mol. The van der Waals surface area contributed by atoms with E-state index >= 15 is 0 Å². The highest BCUT2D eigenvalue weighted by atomic mass is 16.2. The first-order valence-electron chi connectivity index (χ1n) is 6.41. The van der Waals surface area contributed by atoms with E-state index in [1.807, 2.05) is 31.2 Å². The van der Waals surface area contributed by atoms with Crippen LogP contribution in [-0.2, 0) is 10.2 Å². The summed E-state index contributed by atoms with van der Waals surface area (Å²) in [6.07, 6.45) is 3.92. The SMILES string of the molecule is Cc1cccc(C2(C(=O)NCC#N)CCCC2)c1. The molecule has 3 heteroatoms. The molecule has 1 amide bonds. The molecule has 0 saturated heterocycles. The van der Waals surface area contributed by atoms with Gasteiger partial charge in [-0.2, -0.15) is 5.26 Å². The molecule has 0 radical (unpaired) electrons. The zero-order valence-electron chi connectivity index (χ0n) is 10.7. The Morgan fingerprint density at radius 3 is 2.78 bits per heavy atom. The van der Waals surface area contributed by atoms with Gasteiger partial charge in [0, 0.05) is 0 Å². The van der Waals surface area contributed by atoms with E-state index in [0.717, 1.165) is 31.2 Å². The lowest BCUT2D eigenvalue weighted by atomic mass is 9.77. The summed E-state index contributed by atoms with van der Waals surface area (Å²) in [5.41, 5.74) is 1.85. The van der Waals surface area contributed by atoms with Gasteiger partial charge >= 0.3 is 0 Å². The van der Waals surface area contributed by atoms with Gasteiger partial charge < -0.3 is 5.32 Å². The average molecular weight is 242 g/mol. The molecule has 1 aromatic rings. The first-order valence-corrected chi connectivity index (χ1v) is 6.41. The molecule has 0 heterocycles. The molecule has 1 fully saturated rings. The number of nitrogens with zero attached hydrogens (tertiary/aromatic N) is 1. The summed E-state index contributed by atoms with van der Waals surface area (Å²) in [7, 11) is 0. The second-order valence-electron chi connectivity index (χ2n) is 5.00. The van der Waals surface area contributed by atoms with Gasteiger partial charge in [0.1, 0.15) is 6.54 Å². The van der Waals surface area contributed by atoms with Gasteiger partial charge in [-0.1, -0.05) is 42.7 Å². The van der Waals surface area contributed by atoms with Gasteiger partial charge in [-0.15, -0.1) is 0 Å². The van der Waals surface area contributed by atoms with Gasteiger partial charge in [0.25, 0.3) is 0 Å². The zero-order chi connectivity index (χ0) is 13.0. The fourth-order valence-corrected chi connectivity index (χ4v) is 2.86. The van der Waals surface area contributed by atoms with E-state index in [0.29, 0.717) is 0 Å². The smallest absolute Gasteiger partial charge is 0.231 e. The number of aryl methyl sites for hydroxylation is 1. The molecule has 0 unspecified atom stereocenters. The Kier molecular flexibility index (Phi) is 3.66. The van der Waals surface area contributed by atoms with Crippen molar-refractivity contribution in [2.24, 2.45) is 0 Å². The maximum absolute atomic E-state index is 12.4. The lowest BCUT2D eigenvalue weighted by Gasteiger charge is -2.28. The summed E-state index contributed by atoms with van der Waals surface area (Å²) >= 11 is 0. The van der Waals surface area contributed by atoms with Crippen molar-refractivity contribution in [1.82, 2.24) is 5.32 Å². The third-order valence-corrected chi connectivity index (χ3v) is 3.79. The highest BCUT2D eigenvalue weighted by Crippen LogP contribution is 2.41. The van der Waals surface area contributed by atoms with Gasteiger partial charge in [0.05, 0.1) is 11.5 Å². The van der Waals surface area contributed by atoms with Crippen molar-refractivity contribution in [1.29, 1.82) is 5.26 Å². The topological polar surface area (TPSA) is 52.9 Å². The van der Waals surface area contributed by atoms with Crippen LogP contribution in [0.25, 0.3) is 0 Å². The molecular formula is C15H18N2O. The van der Waals surface area contributed by atoms with E-state index in [1.54, 1.807) is 0 Å². The minimum Gasteiger partial charge on any atom is -0.342 e. The molecule has 0 atom stereocenters. The monoisotopic (exact) mass is 242 g/mol. The van der Waals surface area contributed by atoms with E-state index < -0.39 is 5.41 Å². The normalized spacial score (nSPS) is 17.1. The maximum atomic E-state index is 12.4. The molecule has 1 saturated carbocycles. The van der Waals surface area contributed by atoms with E-state index in [4.69, 9.17) is 5.26 Å². The van der Waals surface area contributed by atoms with Crippen LogP contribution in [0, 0.1) is 18.3 Å². The highest BCUT2D eigenvalue weighted by molar-refractivity contribution is 5.88. The molecule has 1 aliphatic carbocycles. The van der Waals surface area contributed by atoms with Crippen molar-refractivity contribution in [3.63, 3.8) is 0 Å². The summed E-state index contributed by atoms with van der Waals surface area (Å²) in [6.45, 7) is 2.13. The van der Waals surface area contributed by atoms with Crippen LogP contribution in [0.3, 0.4) is 0 Å². The number of benzene rings is 1. The molecule has 3 nitrogen and oxygen atoms in total. The number of carbonyl (C=O) groups excluding carboxylic acids is 1. The number of carbonyl (C=O) groups is 1. The standard InChI is InChI=1S/C15H18N2O/c1-12-5-4-6-13(11-12)15(7-2-3-8-15)14(18)17-10-9-16/h4-6,11H,2-3,7-8,10H2,1H3,(H,17,18). The number of amides is 1. The van der Waals surface area contributed by atoms with Crippen LogP contribution in [0.4, 0.5) is 0 Å². The summed E-state index contributed by atoms with van der Waals surface area (Å²) in [4.78, 5) is 12.4. The number of hydrogen-bond donors (Lipinski definition) is 1. The summed E-state index contributed by atoms with van der Waals surface area (Å²) in [5.74, 6) is 0.00662. The van der Waals surface area contributed by atoms with E-state index in [2.05, 4.69) is 11.4 Å². The van der Waals surface area contributed by atoms with Gasteiger partial charge in [-0.3, -0.25) is 4.79 Å². The quantitative estimate of drug-likeness (QED) is 0.828. The second kappa shape index (κ2) is 5.22. The van der Waals surface area contributed by atoms with Crippen molar-refractivity contribution in [3.05, 3.63) is 35.4 Å². The molecule has 0 aliphatic heterocycles. The number of hydrogen-bond acceptors (Lipinski definition) is 2. The van der Waals surface area contributed by atoms with Gasteiger partial charge in [-0.05, 0) is 25.3 Å². The Morgan fingerprint density at radius 1 is 1.44 bits per heavy atom. The average Bonchev–Trinajstić information content (AvgIpc) is 2.86. The molecule has 0 spiro atoms. The third kappa shape index (κ3) is 2.24. The van der Waals surface area contributed by atoms with Crippen molar-refractivity contribution in [2.45, 2.75) is 38.0 Å². The second-order valence-corrected chi connectivity index (χ2v) is 5.00. The molecular weight excluding hydrogens is 224 g/mol. The van der Waals surface area contributed by atoms with Crippen LogP contribution >= 0.6 is 0 Å². The molecule has 1 N–H and O–H groups in total. The fraction of sp³-hybridized carbons (Fsp3) is 0.467. The maximum Gasteiger partial charge on any atom is 0.231 e. The molecule has 0 aromatic heterocycles. The Labute approximate surface area is 108 Å². The van der Waals surface area contributed by atoms with Crippen molar-refractivity contribution in [2.75, 3.05) is 6.54 Å². The molecule has 18 heavy (non-hydrogen) atoms. The molecule has 1 aliphatic rings. The fourth-order valence-electron chi connectivity index (χ4n) is 2.86. The van der Waals surface area contributed by atoms with E-state index in [9.17, 15) is 4.79 Å². The number of nitriles is 1. The van der Waals surface area contributed by atoms with E-state index in [1.165, 1.54) is 5.56 Å². The molecule has 94 valence electrons. The van der Waals surface area contributed by atoms with Crippen molar-refractivity contribution >= 4 is 5.91 Å². The van der Waals surface area contributed by atoms with Gasteiger partial charge in [0.15, 0.2) is 0 Å². The minimum absolute atomic E-state index is 0.00662. The summed E-state index contributed by atoms with van der Waals surface area (Å²) in [5, 5.41) is 11.3. The first-order chi connectivity index (χ1) is 8.69. The Hall–Kier alpha value is -1.82. The van der Waals surface area contributed by atoms with Crippen molar-refractivity contribution < 1.29 is 4.79 Å². The summed E-state index contributed by atoms with van der Waals surface area (Å²) < 4.78 is 0. The van der Waals surface area contributed by atoms with E-state index in [-0.39, 0.29) is 12.5 Å². The van der Waals surface area contributed by atoms with Gasteiger partial charge in [0.2, 0.25) is 5.91 Å². The van der Waals surface area contributed by atoms with Crippen LogP contribution in [0.15, 0.2) is 24.3 Å². The number of nitrogens with one attached hydrogen (secondary N) is 1. The Bertz CT molecular complexity index is 482. The molecule has 1 aromatic carbocycles. The molecule has 0 bridgehead atoms. The van der Waals surface area contributed by atoms with Crippen LogP contribution < -0.4 is 5.32 Å². The lowest BCUT2D eigenvalue weighted by Crippen LogP contribution is -2.42. The Balaban J connectivity index is 2.33. The summed E-state index contributed by atoms with van der Waals surface area (Å²) in [6, 6.07) is 10.1. The minimum atomic E-state index is -0.414. The number of rotatable bonds is 3. The lowest BCUT2D eigenvalue weighted by molar-refractivity contribution is -0.126. The third-order valence-electron chi connectivity index (χ3n) is 3.79. The van der Waals surface area contributed by atoms with Crippen LogP contribution in [0.5, 0.6) is 0 Å². The molecule has 2 rings (SSSR count).